The molecule has 1 aliphatic heterocycles. The van der Waals surface area contributed by atoms with Crippen LogP contribution in [-0.2, 0) is 28.1 Å². The van der Waals surface area contributed by atoms with Gasteiger partial charge in [0.05, 0.1) is 30.5 Å². The SMILES string of the molecule is COc1c(Nc2nc(NC(=O)C3CC3)nn3ccnc23)cccc1-c1ccc2c(c1)C1(CC1)C(=O)N(Cc1cccc(C(=O)N(C)C)n1)C2. The highest BCUT2D eigenvalue weighted by Crippen LogP contribution is 2.54. The van der Waals surface area contributed by atoms with Crippen molar-refractivity contribution in [1.29, 1.82) is 0 Å². The number of nitrogens with zero attached hydrogens (tertiary/aromatic N) is 7. The standard InChI is InChI=1S/C36H35N9O4/c1-43(2)33(47)28-9-4-6-24(38-28)20-44-19-23-13-12-22(18-26(23)36(14-15-36)34(44)48)25-7-5-8-27(29(25)49-3)39-30-31-37-16-17-45(31)42-35(40-30)41-32(46)21-10-11-21/h4-9,12-13,16-18,21H,10-11,14-15,19-20H2,1-3H3,(H2,39,40,41,42,46). The van der Waals surface area contributed by atoms with E-state index in [1.807, 2.05) is 35.2 Å². The van der Waals surface area contributed by atoms with Crippen molar-refractivity contribution in [1.82, 2.24) is 34.4 Å². The van der Waals surface area contributed by atoms with Crippen LogP contribution in [0.2, 0.25) is 0 Å². The number of nitrogens with one attached hydrogen (secondary N) is 2. The number of carbonyl (C=O) groups is 3. The fourth-order valence-electron chi connectivity index (χ4n) is 6.60. The quantitative estimate of drug-likeness (QED) is 0.233. The fourth-order valence-corrected chi connectivity index (χ4v) is 6.60. The normalized spacial score (nSPS) is 16.0. The number of hydrogen-bond donors (Lipinski definition) is 2. The highest BCUT2D eigenvalue weighted by atomic mass is 16.5. The number of hydrogen-bond acceptors (Lipinski definition) is 9. The largest absolute Gasteiger partial charge is 0.494 e. The molecule has 2 aliphatic carbocycles. The number of methoxy groups -OCH3 is 1. The van der Waals surface area contributed by atoms with Crippen LogP contribution in [0.15, 0.2) is 67.0 Å². The molecule has 5 aromatic rings. The molecule has 3 aliphatic rings. The van der Waals surface area contributed by atoms with E-state index in [0.29, 0.717) is 47.4 Å². The molecule has 0 radical (unpaired) electrons. The van der Waals surface area contributed by atoms with Gasteiger partial charge in [0, 0.05) is 44.5 Å². The van der Waals surface area contributed by atoms with Crippen molar-refractivity contribution in [3.8, 4) is 16.9 Å². The van der Waals surface area contributed by atoms with Gasteiger partial charge in [0.2, 0.25) is 17.8 Å². The lowest BCUT2D eigenvalue weighted by Gasteiger charge is -2.35. The number of benzene rings is 2. The summed E-state index contributed by atoms with van der Waals surface area (Å²) in [6, 6.07) is 17.4. The van der Waals surface area contributed by atoms with Gasteiger partial charge in [-0.05, 0) is 66.6 Å². The molecule has 2 N–H and O–H groups in total. The minimum Gasteiger partial charge on any atom is -0.494 e. The zero-order valence-corrected chi connectivity index (χ0v) is 27.4. The summed E-state index contributed by atoms with van der Waals surface area (Å²) in [5, 5.41) is 10.6. The maximum Gasteiger partial charge on any atom is 0.271 e. The second-order valence-corrected chi connectivity index (χ2v) is 13.1. The first kappa shape index (κ1) is 30.5. The molecule has 4 heterocycles. The number of carbonyl (C=O) groups excluding carboxylic acids is 3. The van der Waals surface area contributed by atoms with Crippen molar-refractivity contribution in [3.63, 3.8) is 0 Å². The zero-order chi connectivity index (χ0) is 33.9. The molecular formula is C36H35N9O4. The molecule has 2 aromatic carbocycles. The van der Waals surface area contributed by atoms with Crippen molar-refractivity contribution in [2.75, 3.05) is 31.8 Å². The predicted molar refractivity (Wildman–Crippen MR) is 181 cm³/mol. The fraction of sp³-hybridized carbons (Fsp3) is 0.306. The van der Waals surface area contributed by atoms with E-state index in [0.717, 1.165) is 47.9 Å². The number of ether oxygens (including phenoxy) is 1. The number of pyridine rings is 1. The van der Waals surface area contributed by atoms with Crippen LogP contribution in [0.25, 0.3) is 16.8 Å². The number of fused-ring (bicyclic) bond motifs is 3. The van der Waals surface area contributed by atoms with E-state index in [4.69, 9.17) is 4.74 Å². The molecule has 1 spiro atoms. The molecule has 0 saturated heterocycles. The molecule has 13 nitrogen and oxygen atoms in total. The topological polar surface area (TPSA) is 147 Å². The molecule has 0 atom stereocenters. The van der Waals surface area contributed by atoms with Gasteiger partial charge in [-0.1, -0.05) is 30.3 Å². The van der Waals surface area contributed by atoms with Crippen LogP contribution >= 0.6 is 0 Å². The van der Waals surface area contributed by atoms with Crippen LogP contribution < -0.4 is 15.4 Å². The Balaban J connectivity index is 1.09. The Kier molecular flexibility index (Phi) is 7.27. The molecule has 0 bridgehead atoms. The first-order valence-corrected chi connectivity index (χ1v) is 16.3. The third kappa shape index (κ3) is 5.50. The lowest BCUT2D eigenvalue weighted by atomic mass is 9.84. The zero-order valence-electron chi connectivity index (χ0n) is 27.4. The van der Waals surface area contributed by atoms with Crippen molar-refractivity contribution in [2.24, 2.45) is 5.92 Å². The van der Waals surface area contributed by atoms with Gasteiger partial charge in [-0.2, -0.15) is 4.98 Å². The average Bonchev–Trinajstić information content (AvgIpc) is 4.04. The van der Waals surface area contributed by atoms with Crippen LogP contribution in [-0.4, -0.2) is 73.3 Å². The number of anilines is 3. The van der Waals surface area contributed by atoms with Gasteiger partial charge >= 0.3 is 0 Å². The Morgan fingerprint density at radius 2 is 1.88 bits per heavy atom. The molecule has 49 heavy (non-hydrogen) atoms. The summed E-state index contributed by atoms with van der Waals surface area (Å²) in [6.07, 6.45) is 6.62. The molecule has 0 unspecified atom stereocenters. The molecule has 3 aromatic heterocycles. The minimum absolute atomic E-state index is 0.00845. The predicted octanol–water partition coefficient (Wildman–Crippen LogP) is 4.56. The molecule has 2 saturated carbocycles. The summed E-state index contributed by atoms with van der Waals surface area (Å²) < 4.78 is 7.55. The van der Waals surface area contributed by atoms with Crippen LogP contribution in [0.1, 0.15) is 53.0 Å². The maximum atomic E-state index is 14.0. The first-order chi connectivity index (χ1) is 23.7. The minimum atomic E-state index is -0.571. The summed E-state index contributed by atoms with van der Waals surface area (Å²) >= 11 is 0. The summed E-state index contributed by atoms with van der Waals surface area (Å²) in [7, 11) is 5.01. The highest BCUT2D eigenvalue weighted by molar-refractivity contribution is 5.95. The lowest BCUT2D eigenvalue weighted by molar-refractivity contribution is -0.136. The summed E-state index contributed by atoms with van der Waals surface area (Å²) in [4.78, 5) is 55.9. The Morgan fingerprint density at radius 1 is 1.06 bits per heavy atom. The Bertz CT molecular complexity index is 2150. The first-order valence-electron chi connectivity index (χ1n) is 16.3. The molecule has 248 valence electrons. The molecule has 8 rings (SSSR count). The number of imidazole rings is 1. The van der Waals surface area contributed by atoms with Crippen LogP contribution in [0.4, 0.5) is 17.5 Å². The Morgan fingerprint density at radius 3 is 2.63 bits per heavy atom. The van der Waals surface area contributed by atoms with Gasteiger partial charge < -0.3 is 19.9 Å². The molecule has 3 amide bonds. The smallest absolute Gasteiger partial charge is 0.271 e. The van der Waals surface area contributed by atoms with Crippen LogP contribution in [0, 0.1) is 5.92 Å². The number of aromatic nitrogens is 5. The number of amides is 3. The van der Waals surface area contributed by atoms with E-state index in [2.05, 4.69) is 48.9 Å². The van der Waals surface area contributed by atoms with Gasteiger partial charge in [-0.3, -0.25) is 19.7 Å². The van der Waals surface area contributed by atoms with Crippen molar-refractivity contribution >= 4 is 40.8 Å². The van der Waals surface area contributed by atoms with Gasteiger partial charge in [-0.15, -0.1) is 5.10 Å². The van der Waals surface area contributed by atoms with E-state index in [9.17, 15) is 14.4 Å². The summed E-state index contributed by atoms with van der Waals surface area (Å²) in [5.74, 6) is 1.04. The maximum absolute atomic E-state index is 14.0. The van der Waals surface area contributed by atoms with Gasteiger partial charge in [-0.25, -0.2) is 14.5 Å². The van der Waals surface area contributed by atoms with Gasteiger partial charge in [0.15, 0.2) is 11.5 Å². The molecule has 2 fully saturated rings. The van der Waals surface area contributed by atoms with E-state index < -0.39 is 5.41 Å². The van der Waals surface area contributed by atoms with Crippen molar-refractivity contribution < 1.29 is 19.1 Å². The summed E-state index contributed by atoms with van der Waals surface area (Å²) in [6.45, 7) is 0.785. The van der Waals surface area contributed by atoms with Gasteiger partial charge in [0.25, 0.3) is 5.91 Å². The Labute approximate surface area is 282 Å². The van der Waals surface area contributed by atoms with Crippen LogP contribution in [0.3, 0.4) is 0 Å². The highest BCUT2D eigenvalue weighted by Gasteiger charge is 2.56. The second-order valence-electron chi connectivity index (χ2n) is 13.1. The summed E-state index contributed by atoms with van der Waals surface area (Å²) in [5.41, 5.74) is 5.54. The van der Waals surface area contributed by atoms with E-state index >= 15 is 0 Å². The van der Waals surface area contributed by atoms with E-state index in [-0.39, 0.29) is 29.6 Å². The molecule has 13 heteroatoms. The van der Waals surface area contributed by atoms with Gasteiger partial charge in [0.1, 0.15) is 11.4 Å². The average molecular weight is 658 g/mol. The number of para-hydroxylation sites is 1. The second kappa shape index (κ2) is 11.7. The third-order valence-electron chi connectivity index (χ3n) is 9.44. The molecular weight excluding hydrogens is 622 g/mol. The van der Waals surface area contributed by atoms with Crippen LogP contribution in [0.5, 0.6) is 5.75 Å². The van der Waals surface area contributed by atoms with Crippen molar-refractivity contribution in [3.05, 3.63) is 89.5 Å². The third-order valence-corrected chi connectivity index (χ3v) is 9.44. The monoisotopic (exact) mass is 657 g/mol. The Hall–Kier alpha value is -5.85. The van der Waals surface area contributed by atoms with Crippen molar-refractivity contribution in [2.45, 2.75) is 44.2 Å². The van der Waals surface area contributed by atoms with E-state index in [1.165, 1.54) is 4.90 Å². The van der Waals surface area contributed by atoms with E-state index in [1.54, 1.807) is 44.2 Å². The lowest BCUT2D eigenvalue weighted by Crippen LogP contribution is -2.43. The number of rotatable bonds is 9.